The van der Waals surface area contributed by atoms with Crippen LogP contribution in [-0.4, -0.2) is 70.7 Å². The number of nitrogens with zero attached hydrogens (tertiary/aromatic N) is 6. The van der Waals surface area contributed by atoms with Crippen LogP contribution in [0, 0.1) is 0 Å². The molecule has 0 saturated carbocycles. The van der Waals surface area contributed by atoms with Crippen molar-refractivity contribution in [1.29, 1.82) is 0 Å². The molecule has 4 rings (SSSR count). The molecule has 2 aliphatic rings. The molecule has 0 bridgehead atoms. The molecule has 26 heavy (non-hydrogen) atoms. The zero-order valence-electron chi connectivity index (χ0n) is 15.6. The van der Waals surface area contributed by atoms with Gasteiger partial charge in [-0.2, -0.15) is 4.98 Å². The zero-order chi connectivity index (χ0) is 17.8. The summed E-state index contributed by atoms with van der Waals surface area (Å²) in [4.78, 5) is 16.4. The maximum absolute atomic E-state index is 5.47. The Bertz CT molecular complexity index is 686. The average Bonchev–Trinajstić information content (AvgIpc) is 3.36. The molecule has 0 N–H and O–H groups in total. The molecule has 2 saturated heterocycles. The highest BCUT2D eigenvalue weighted by atomic mass is 16.5. The van der Waals surface area contributed by atoms with E-state index in [0.29, 0.717) is 11.7 Å². The van der Waals surface area contributed by atoms with Gasteiger partial charge < -0.3 is 14.3 Å². The van der Waals surface area contributed by atoms with E-state index in [9.17, 15) is 0 Å². The minimum absolute atomic E-state index is 0.630. The molecule has 0 amide bonds. The molecular weight excluding hydrogens is 328 g/mol. The van der Waals surface area contributed by atoms with Crippen LogP contribution in [0.4, 0.5) is 5.82 Å². The lowest BCUT2D eigenvalue weighted by Crippen LogP contribution is -2.46. The normalized spacial score (nSPS) is 19.3. The third kappa shape index (κ3) is 4.04. The summed E-state index contributed by atoms with van der Waals surface area (Å²) >= 11 is 0. The van der Waals surface area contributed by atoms with E-state index in [4.69, 9.17) is 4.52 Å². The summed E-state index contributed by atoms with van der Waals surface area (Å²) in [5.74, 6) is 2.36. The Morgan fingerprint density at radius 1 is 1.00 bits per heavy atom. The van der Waals surface area contributed by atoms with Gasteiger partial charge >= 0.3 is 0 Å². The number of hydrogen-bond acceptors (Lipinski definition) is 7. The molecule has 0 spiro atoms. The van der Waals surface area contributed by atoms with Gasteiger partial charge in [-0.15, -0.1) is 0 Å². The van der Waals surface area contributed by atoms with Crippen molar-refractivity contribution in [2.24, 2.45) is 0 Å². The lowest BCUT2D eigenvalue weighted by molar-refractivity contribution is 0.117. The number of piperazine rings is 1. The number of anilines is 1. The van der Waals surface area contributed by atoms with Gasteiger partial charge in [-0.1, -0.05) is 12.1 Å². The van der Waals surface area contributed by atoms with Gasteiger partial charge in [0.25, 0.3) is 0 Å². The van der Waals surface area contributed by atoms with E-state index in [-0.39, 0.29) is 0 Å². The van der Waals surface area contributed by atoms with Crippen LogP contribution in [0.15, 0.2) is 22.9 Å². The lowest BCUT2D eigenvalue weighted by Gasteiger charge is -2.33. The van der Waals surface area contributed by atoms with E-state index in [1.807, 2.05) is 12.3 Å². The van der Waals surface area contributed by atoms with Crippen LogP contribution >= 0.6 is 0 Å². The van der Waals surface area contributed by atoms with Crippen LogP contribution in [0.25, 0.3) is 11.4 Å². The summed E-state index contributed by atoms with van der Waals surface area (Å²) in [5, 5.41) is 4.15. The van der Waals surface area contributed by atoms with E-state index < -0.39 is 0 Å². The van der Waals surface area contributed by atoms with E-state index in [2.05, 4.69) is 42.8 Å². The summed E-state index contributed by atoms with van der Waals surface area (Å²) in [6.07, 6.45) is 5.58. The molecule has 0 aromatic carbocycles. The standard InChI is InChI=1S/C19H28N6O/c1-2-7-23-10-12-24(13-11-23)15-18-21-19(22-26-18)16-5-6-17(20-14-16)25-8-3-4-9-25/h5-6,14H,2-4,7-13,15H2,1H3. The van der Waals surface area contributed by atoms with Crippen molar-refractivity contribution in [2.45, 2.75) is 32.7 Å². The third-order valence-corrected chi connectivity index (χ3v) is 5.27. The minimum Gasteiger partial charge on any atom is -0.357 e. The Balaban J connectivity index is 1.34. The highest BCUT2D eigenvalue weighted by Crippen LogP contribution is 2.21. The van der Waals surface area contributed by atoms with Crippen LogP contribution in [0.2, 0.25) is 0 Å². The predicted molar refractivity (Wildman–Crippen MR) is 101 cm³/mol. The van der Waals surface area contributed by atoms with E-state index in [0.717, 1.165) is 57.2 Å². The lowest BCUT2D eigenvalue weighted by atomic mass is 10.2. The maximum atomic E-state index is 5.47. The first kappa shape index (κ1) is 17.4. The maximum Gasteiger partial charge on any atom is 0.241 e. The van der Waals surface area contributed by atoms with Gasteiger partial charge in [-0.05, 0) is 37.9 Å². The predicted octanol–water partition coefficient (Wildman–Crippen LogP) is 2.26. The second-order valence-electron chi connectivity index (χ2n) is 7.23. The topological polar surface area (TPSA) is 61.5 Å². The second kappa shape index (κ2) is 8.14. The smallest absolute Gasteiger partial charge is 0.241 e. The molecule has 2 aliphatic heterocycles. The first-order valence-corrected chi connectivity index (χ1v) is 9.80. The van der Waals surface area contributed by atoms with E-state index in [1.165, 1.54) is 25.8 Å². The molecule has 7 heteroatoms. The zero-order valence-corrected chi connectivity index (χ0v) is 15.6. The van der Waals surface area contributed by atoms with E-state index >= 15 is 0 Å². The van der Waals surface area contributed by atoms with Gasteiger partial charge in [0, 0.05) is 51.0 Å². The Morgan fingerprint density at radius 2 is 1.77 bits per heavy atom. The van der Waals surface area contributed by atoms with Gasteiger partial charge in [0.2, 0.25) is 11.7 Å². The summed E-state index contributed by atoms with van der Waals surface area (Å²) in [7, 11) is 0. The minimum atomic E-state index is 0.630. The molecule has 140 valence electrons. The third-order valence-electron chi connectivity index (χ3n) is 5.27. The quantitative estimate of drug-likeness (QED) is 0.787. The van der Waals surface area contributed by atoms with Gasteiger partial charge in [-0.25, -0.2) is 4.98 Å². The fourth-order valence-corrected chi connectivity index (χ4v) is 3.77. The molecule has 2 aromatic heterocycles. The SMILES string of the molecule is CCCN1CCN(Cc2nc(-c3ccc(N4CCCC4)nc3)no2)CC1. The number of aromatic nitrogens is 3. The summed E-state index contributed by atoms with van der Waals surface area (Å²) in [6.45, 7) is 10.7. The Labute approximate surface area is 155 Å². The molecule has 0 radical (unpaired) electrons. The summed E-state index contributed by atoms with van der Waals surface area (Å²) in [5.41, 5.74) is 0.913. The van der Waals surface area contributed by atoms with Crippen molar-refractivity contribution in [3.05, 3.63) is 24.2 Å². The Morgan fingerprint density at radius 3 is 2.46 bits per heavy atom. The average molecular weight is 356 g/mol. The molecule has 2 aromatic rings. The number of rotatable bonds is 6. The fraction of sp³-hybridized carbons (Fsp3) is 0.632. The van der Waals surface area contributed by atoms with Crippen LogP contribution in [-0.2, 0) is 6.54 Å². The fourth-order valence-electron chi connectivity index (χ4n) is 3.77. The van der Waals surface area contributed by atoms with Gasteiger partial charge in [0.1, 0.15) is 5.82 Å². The van der Waals surface area contributed by atoms with E-state index in [1.54, 1.807) is 0 Å². The van der Waals surface area contributed by atoms with Crippen molar-refractivity contribution >= 4 is 5.82 Å². The van der Waals surface area contributed by atoms with Crippen LogP contribution in [0.1, 0.15) is 32.1 Å². The first-order chi connectivity index (χ1) is 12.8. The van der Waals surface area contributed by atoms with Crippen molar-refractivity contribution in [2.75, 3.05) is 50.7 Å². The largest absolute Gasteiger partial charge is 0.357 e. The number of hydrogen-bond donors (Lipinski definition) is 0. The highest BCUT2D eigenvalue weighted by molar-refractivity contribution is 5.56. The number of pyridine rings is 1. The molecular formula is C19H28N6O. The van der Waals surface area contributed by atoms with Crippen molar-refractivity contribution < 1.29 is 4.52 Å². The molecule has 7 nitrogen and oxygen atoms in total. The monoisotopic (exact) mass is 356 g/mol. The summed E-state index contributed by atoms with van der Waals surface area (Å²) in [6, 6.07) is 4.10. The molecule has 2 fully saturated rings. The van der Waals surface area contributed by atoms with Crippen LogP contribution < -0.4 is 4.90 Å². The summed E-state index contributed by atoms with van der Waals surface area (Å²) < 4.78 is 5.47. The van der Waals surface area contributed by atoms with Gasteiger partial charge in [-0.3, -0.25) is 4.90 Å². The van der Waals surface area contributed by atoms with Gasteiger partial charge in [0.15, 0.2) is 0 Å². The first-order valence-electron chi connectivity index (χ1n) is 9.80. The second-order valence-corrected chi connectivity index (χ2v) is 7.23. The van der Waals surface area contributed by atoms with Crippen LogP contribution in [0.3, 0.4) is 0 Å². The highest BCUT2D eigenvalue weighted by Gasteiger charge is 2.19. The van der Waals surface area contributed by atoms with Gasteiger partial charge in [0.05, 0.1) is 6.54 Å². The van der Waals surface area contributed by atoms with Crippen molar-refractivity contribution in [3.63, 3.8) is 0 Å². The Kier molecular flexibility index (Phi) is 5.45. The van der Waals surface area contributed by atoms with Crippen molar-refractivity contribution in [1.82, 2.24) is 24.9 Å². The molecule has 4 heterocycles. The Hall–Kier alpha value is -1.99. The molecule has 0 unspecified atom stereocenters. The van der Waals surface area contributed by atoms with Crippen LogP contribution in [0.5, 0.6) is 0 Å². The molecule has 0 atom stereocenters. The van der Waals surface area contributed by atoms with Crippen molar-refractivity contribution in [3.8, 4) is 11.4 Å². The molecule has 0 aliphatic carbocycles.